The van der Waals surface area contributed by atoms with Gasteiger partial charge in [-0.3, -0.25) is 0 Å². The molecule has 1 aromatic carbocycles. The Morgan fingerprint density at radius 1 is 1.22 bits per heavy atom. The van der Waals surface area contributed by atoms with E-state index in [1.54, 1.807) is 0 Å². The van der Waals surface area contributed by atoms with Crippen LogP contribution in [0.25, 0.3) is 11.0 Å². The fraction of sp³-hybridized carbons (Fsp3) is 0.438. The van der Waals surface area contributed by atoms with E-state index in [2.05, 4.69) is 0 Å². The molecule has 0 radical (unpaired) electrons. The van der Waals surface area contributed by atoms with E-state index in [0.29, 0.717) is 19.6 Å². The second-order valence-corrected chi connectivity index (χ2v) is 5.20. The molecule has 23 heavy (non-hydrogen) atoms. The van der Waals surface area contributed by atoms with Crippen molar-refractivity contribution in [1.82, 2.24) is 4.90 Å². The van der Waals surface area contributed by atoms with E-state index < -0.39 is 17.4 Å². The Morgan fingerprint density at radius 2 is 1.87 bits per heavy atom. The number of alkyl halides is 3. The minimum Gasteiger partial charge on any atom is -0.508 e. The zero-order valence-electron chi connectivity index (χ0n) is 12.9. The molecule has 126 valence electrons. The van der Waals surface area contributed by atoms with E-state index in [1.165, 1.54) is 0 Å². The van der Waals surface area contributed by atoms with E-state index in [0.717, 1.165) is 18.2 Å². The number of phenols is 1. The maximum Gasteiger partial charge on any atom is 0.417 e. The first kappa shape index (κ1) is 17.3. The van der Waals surface area contributed by atoms with Crippen LogP contribution in [0.5, 0.6) is 5.75 Å². The monoisotopic (exact) mass is 329 g/mol. The highest BCUT2D eigenvalue weighted by molar-refractivity contribution is 5.83. The number of benzene rings is 1. The summed E-state index contributed by atoms with van der Waals surface area (Å²) in [4.78, 5) is 14.0. The van der Waals surface area contributed by atoms with Crippen molar-refractivity contribution < 1.29 is 22.7 Å². The zero-order chi connectivity index (χ0) is 17.2. The Hall–Kier alpha value is -2.02. The van der Waals surface area contributed by atoms with E-state index >= 15 is 0 Å². The average molecular weight is 329 g/mol. The quantitative estimate of drug-likeness (QED) is 0.854. The minimum atomic E-state index is -4.68. The van der Waals surface area contributed by atoms with Crippen molar-refractivity contribution in [2.45, 2.75) is 26.4 Å². The molecule has 0 atom stereocenters. The first-order chi connectivity index (χ1) is 10.8. The van der Waals surface area contributed by atoms with Crippen molar-refractivity contribution in [2.24, 2.45) is 0 Å². The lowest BCUT2D eigenvalue weighted by Gasteiger charge is -2.19. The molecular weight excluding hydrogens is 311 g/mol. The summed E-state index contributed by atoms with van der Waals surface area (Å²) < 4.78 is 45.4. The Bertz CT molecular complexity index is 749. The van der Waals surface area contributed by atoms with Gasteiger partial charge >= 0.3 is 11.8 Å². The molecule has 0 aliphatic carbocycles. The van der Waals surface area contributed by atoms with Crippen LogP contribution in [0.3, 0.4) is 0 Å². The predicted octanol–water partition coefficient (Wildman–Crippen LogP) is 3.40. The van der Waals surface area contributed by atoms with Crippen LogP contribution in [0.4, 0.5) is 13.2 Å². The summed E-state index contributed by atoms with van der Waals surface area (Å²) in [7, 11) is 0. The summed E-state index contributed by atoms with van der Waals surface area (Å²) in [6.07, 6.45) is -4.72. The highest BCUT2D eigenvalue weighted by atomic mass is 19.4. The molecule has 0 saturated carbocycles. The number of phenolic OH excluding ortho intramolecular Hbond substituents is 1. The Balaban J connectivity index is 2.61. The van der Waals surface area contributed by atoms with E-state index in [4.69, 9.17) is 4.42 Å². The van der Waals surface area contributed by atoms with Crippen molar-refractivity contribution in [3.05, 3.63) is 39.7 Å². The topological polar surface area (TPSA) is 53.7 Å². The van der Waals surface area contributed by atoms with Crippen molar-refractivity contribution in [3.63, 3.8) is 0 Å². The van der Waals surface area contributed by atoms with Gasteiger partial charge in [-0.25, -0.2) is 4.79 Å². The zero-order valence-corrected chi connectivity index (χ0v) is 12.9. The largest absolute Gasteiger partial charge is 0.508 e. The van der Waals surface area contributed by atoms with Crippen LogP contribution in [0.15, 0.2) is 27.4 Å². The molecule has 0 aliphatic heterocycles. The van der Waals surface area contributed by atoms with Gasteiger partial charge in [-0.05, 0) is 31.6 Å². The van der Waals surface area contributed by atoms with Crippen molar-refractivity contribution in [2.75, 3.05) is 19.6 Å². The van der Waals surface area contributed by atoms with Gasteiger partial charge in [0.15, 0.2) is 0 Å². The summed E-state index contributed by atoms with van der Waals surface area (Å²) in [6, 6.07) is 3.28. The second kappa shape index (κ2) is 6.62. The molecule has 1 heterocycles. The number of aromatic hydroxyl groups is 1. The van der Waals surface area contributed by atoms with Gasteiger partial charge in [-0.15, -0.1) is 0 Å². The Labute approximate surface area is 131 Å². The second-order valence-electron chi connectivity index (χ2n) is 5.20. The van der Waals surface area contributed by atoms with Crippen LogP contribution in [0.1, 0.15) is 25.0 Å². The van der Waals surface area contributed by atoms with Crippen LogP contribution < -0.4 is 5.63 Å². The van der Waals surface area contributed by atoms with Crippen LogP contribution in [0, 0.1) is 0 Å². The maximum absolute atomic E-state index is 13.5. The first-order valence-electron chi connectivity index (χ1n) is 7.36. The van der Waals surface area contributed by atoms with Gasteiger partial charge in [-0.2, -0.15) is 13.2 Å². The lowest BCUT2D eigenvalue weighted by Crippen LogP contribution is -2.28. The molecule has 1 N–H and O–H groups in total. The molecule has 2 aromatic rings. The molecule has 0 saturated heterocycles. The molecule has 2 rings (SSSR count). The molecule has 1 aromatic heterocycles. The number of halogens is 3. The lowest BCUT2D eigenvalue weighted by atomic mass is 10.0. The average Bonchev–Trinajstić information content (AvgIpc) is 2.47. The fourth-order valence-electron chi connectivity index (χ4n) is 2.59. The van der Waals surface area contributed by atoms with Crippen LogP contribution in [0.2, 0.25) is 0 Å². The number of hydrogen-bond donors (Lipinski definition) is 1. The molecule has 0 bridgehead atoms. The predicted molar refractivity (Wildman–Crippen MR) is 80.6 cm³/mol. The summed E-state index contributed by atoms with van der Waals surface area (Å²) in [5.41, 5.74) is -2.63. The highest BCUT2D eigenvalue weighted by Gasteiger charge is 2.37. The van der Waals surface area contributed by atoms with Crippen LogP contribution >= 0.6 is 0 Å². The third-order valence-corrected chi connectivity index (χ3v) is 3.84. The third-order valence-electron chi connectivity index (χ3n) is 3.84. The number of hydrogen-bond acceptors (Lipinski definition) is 4. The standard InChI is InChI=1S/C16H18F3NO3/c1-3-20(4-2)8-7-12-14(16(17,18)19)11-6-5-10(21)9-13(11)23-15(12)22/h5-6,9,21H,3-4,7-8H2,1-2H3. The van der Waals surface area contributed by atoms with Crippen LogP contribution in [-0.2, 0) is 12.6 Å². The normalized spacial score (nSPS) is 12.3. The molecule has 4 nitrogen and oxygen atoms in total. The van der Waals surface area contributed by atoms with Gasteiger partial charge in [0.1, 0.15) is 11.3 Å². The molecule has 0 fully saturated rings. The molecule has 0 amide bonds. The first-order valence-corrected chi connectivity index (χ1v) is 7.36. The van der Waals surface area contributed by atoms with Crippen LogP contribution in [-0.4, -0.2) is 29.6 Å². The van der Waals surface area contributed by atoms with E-state index in [-0.39, 0.29) is 28.7 Å². The number of rotatable bonds is 5. The summed E-state index contributed by atoms with van der Waals surface area (Å²) in [5, 5.41) is 9.16. The number of likely N-dealkylation sites (N-methyl/N-ethyl adjacent to an activating group) is 1. The molecule has 0 unspecified atom stereocenters. The molecular formula is C16H18F3NO3. The van der Waals surface area contributed by atoms with E-state index in [9.17, 15) is 23.1 Å². The molecule has 7 heteroatoms. The van der Waals surface area contributed by atoms with E-state index in [1.807, 2.05) is 18.7 Å². The lowest BCUT2D eigenvalue weighted by molar-refractivity contribution is -0.137. The van der Waals surface area contributed by atoms with Gasteiger partial charge in [0.2, 0.25) is 0 Å². The summed E-state index contributed by atoms with van der Waals surface area (Å²) in [6.45, 7) is 5.51. The SMILES string of the molecule is CCN(CC)CCc1c(C(F)(F)F)c2ccc(O)cc2oc1=O. The third kappa shape index (κ3) is 3.67. The highest BCUT2D eigenvalue weighted by Crippen LogP contribution is 2.37. The molecule has 0 aliphatic rings. The molecule has 0 spiro atoms. The van der Waals surface area contributed by atoms with Crippen molar-refractivity contribution >= 4 is 11.0 Å². The van der Waals surface area contributed by atoms with Gasteiger partial charge < -0.3 is 14.4 Å². The van der Waals surface area contributed by atoms with Gasteiger partial charge in [0.05, 0.1) is 11.1 Å². The van der Waals surface area contributed by atoms with Gasteiger partial charge in [0.25, 0.3) is 0 Å². The number of fused-ring (bicyclic) bond motifs is 1. The number of nitrogens with zero attached hydrogens (tertiary/aromatic N) is 1. The summed E-state index contributed by atoms with van der Waals surface area (Å²) in [5.74, 6) is -0.260. The van der Waals surface area contributed by atoms with Gasteiger partial charge in [-0.1, -0.05) is 13.8 Å². The Morgan fingerprint density at radius 3 is 2.43 bits per heavy atom. The smallest absolute Gasteiger partial charge is 0.417 e. The van der Waals surface area contributed by atoms with Crippen molar-refractivity contribution in [1.29, 1.82) is 0 Å². The maximum atomic E-state index is 13.5. The van der Waals surface area contributed by atoms with Crippen molar-refractivity contribution in [3.8, 4) is 5.75 Å². The summed E-state index contributed by atoms with van der Waals surface area (Å²) >= 11 is 0. The Kier molecular flexibility index (Phi) is 4.99. The van der Waals surface area contributed by atoms with Gasteiger partial charge in [0, 0.05) is 18.0 Å². The fourth-order valence-corrected chi connectivity index (χ4v) is 2.59. The minimum absolute atomic E-state index is 0.0460.